The minimum atomic E-state index is -1.33. The summed E-state index contributed by atoms with van der Waals surface area (Å²) in [7, 11) is 0. The highest BCUT2D eigenvalue weighted by atomic mass is 16.6. The molecule has 0 radical (unpaired) electrons. The van der Waals surface area contributed by atoms with Crippen molar-refractivity contribution in [2.45, 2.75) is 38.8 Å². The Balaban J connectivity index is 4.37. The van der Waals surface area contributed by atoms with E-state index in [2.05, 4.69) is 5.92 Å². The van der Waals surface area contributed by atoms with Gasteiger partial charge in [-0.3, -0.25) is 0 Å². The average molecular weight is 169 g/mol. The maximum absolute atomic E-state index is 11.2. The summed E-state index contributed by atoms with van der Waals surface area (Å²) in [6.45, 7) is 6.73. The first kappa shape index (κ1) is 11.0. The van der Waals surface area contributed by atoms with Crippen LogP contribution in [0.1, 0.15) is 27.7 Å². The van der Waals surface area contributed by atoms with Crippen LogP contribution < -0.4 is 5.73 Å². The molecule has 0 aromatic heterocycles. The Morgan fingerprint density at radius 1 is 1.42 bits per heavy atom. The summed E-state index contributed by atoms with van der Waals surface area (Å²) in [5, 5.41) is 0. The molecule has 0 saturated carbocycles. The van der Waals surface area contributed by atoms with E-state index in [1.807, 2.05) is 0 Å². The molecule has 0 aliphatic rings. The van der Waals surface area contributed by atoms with Crippen LogP contribution in [-0.2, 0) is 9.53 Å². The quantitative estimate of drug-likeness (QED) is 0.464. The van der Waals surface area contributed by atoms with Gasteiger partial charge in [0.05, 0.1) is 0 Å². The number of hydrogen-bond acceptors (Lipinski definition) is 3. The minimum Gasteiger partial charge on any atom is -0.458 e. The molecule has 0 amide bonds. The topological polar surface area (TPSA) is 52.3 Å². The van der Waals surface area contributed by atoms with Crippen LogP contribution in [0.15, 0.2) is 0 Å². The van der Waals surface area contributed by atoms with Gasteiger partial charge in [0.2, 0.25) is 0 Å². The Morgan fingerprint density at radius 3 is 2.08 bits per heavy atom. The lowest BCUT2D eigenvalue weighted by Gasteiger charge is -2.24. The molecule has 1 atom stereocenters. The molecule has 2 N–H and O–H groups in total. The highest BCUT2D eigenvalue weighted by Crippen LogP contribution is 2.11. The number of carbonyl (C=O) groups excluding carboxylic acids is 1. The fourth-order valence-corrected chi connectivity index (χ4v) is 0.443. The maximum Gasteiger partial charge on any atom is 0.338 e. The summed E-state index contributed by atoms with van der Waals surface area (Å²) in [5.74, 6) is 1.60. The van der Waals surface area contributed by atoms with E-state index >= 15 is 0 Å². The van der Waals surface area contributed by atoms with E-state index in [1.165, 1.54) is 6.92 Å². The average Bonchev–Trinajstić information content (AvgIpc) is 1.84. The van der Waals surface area contributed by atoms with Gasteiger partial charge in [-0.05, 0) is 27.7 Å². The molecule has 12 heavy (non-hydrogen) atoms. The van der Waals surface area contributed by atoms with Crippen LogP contribution in [0.4, 0.5) is 0 Å². The Morgan fingerprint density at radius 2 is 1.83 bits per heavy atom. The number of nitrogens with two attached hydrogens (primary N) is 1. The Hall–Kier alpha value is -1.01. The van der Waals surface area contributed by atoms with Gasteiger partial charge in [0.25, 0.3) is 0 Å². The Labute approximate surface area is 73.3 Å². The maximum atomic E-state index is 11.2. The molecule has 0 aromatic rings. The fourth-order valence-electron chi connectivity index (χ4n) is 0.443. The third-order valence-electron chi connectivity index (χ3n) is 1.12. The summed E-state index contributed by atoms with van der Waals surface area (Å²) in [4.78, 5) is 11.2. The number of terminal acetylenes is 1. The van der Waals surface area contributed by atoms with E-state index in [0.29, 0.717) is 0 Å². The molecule has 3 heteroatoms. The van der Waals surface area contributed by atoms with Crippen molar-refractivity contribution in [3.05, 3.63) is 0 Å². The van der Waals surface area contributed by atoms with Crippen molar-refractivity contribution >= 4 is 5.97 Å². The molecule has 1 unspecified atom stereocenters. The van der Waals surface area contributed by atoms with Crippen LogP contribution >= 0.6 is 0 Å². The molecule has 0 aromatic carbocycles. The second-order valence-electron chi connectivity index (χ2n) is 3.85. The first-order valence-corrected chi connectivity index (χ1v) is 3.69. The highest BCUT2D eigenvalue weighted by Gasteiger charge is 2.30. The van der Waals surface area contributed by atoms with Crippen LogP contribution in [0, 0.1) is 12.3 Å². The SMILES string of the molecule is C#CC(C)(N)C(=O)OC(C)(C)C. The molecule has 0 aliphatic heterocycles. The molecule has 0 saturated heterocycles. The highest BCUT2D eigenvalue weighted by molar-refractivity contribution is 5.84. The first-order chi connectivity index (χ1) is 5.19. The van der Waals surface area contributed by atoms with Crippen molar-refractivity contribution in [3.63, 3.8) is 0 Å². The summed E-state index contributed by atoms with van der Waals surface area (Å²) in [5.41, 5.74) is 3.58. The molecular formula is C9H15NO2. The van der Waals surface area contributed by atoms with Crippen molar-refractivity contribution < 1.29 is 9.53 Å². The molecule has 3 nitrogen and oxygen atoms in total. The lowest BCUT2D eigenvalue weighted by atomic mass is 10.1. The Kier molecular flexibility index (Phi) is 2.89. The van der Waals surface area contributed by atoms with Crippen LogP contribution in [0.5, 0.6) is 0 Å². The zero-order chi connectivity index (χ0) is 9.99. The summed E-state index contributed by atoms with van der Waals surface area (Å²) >= 11 is 0. The van der Waals surface area contributed by atoms with Gasteiger partial charge < -0.3 is 10.5 Å². The van der Waals surface area contributed by atoms with Gasteiger partial charge in [0, 0.05) is 0 Å². The van der Waals surface area contributed by atoms with E-state index in [-0.39, 0.29) is 0 Å². The smallest absolute Gasteiger partial charge is 0.338 e. The van der Waals surface area contributed by atoms with Crippen molar-refractivity contribution in [2.75, 3.05) is 0 Å². The predicted molar refractivity (Wildman–Crippen MR) is 47.3 cm³/mol. The number of carbonyl (C=O) groups is 1. The van der Waals surface area contributed by atoms with Crippen LogP contribution in [-0.4, -0.2) is 17.1 Å². The minimum absolute atomic E-state index is 0.547. The van der Waals surface area contributed by atoms with Gasteiger partial charge in [-0.25, -0.2) is 4.79 Å². The summed E-state index contributed by atoms with van der Waals surface area (Å²) in [6, 6.07) is 0. The van der Waals surface area contributed by atoms with Crippen molar-refractivity contribution in [2.24, 2.45) is 5.73 Å². The molecule has 68 valence electrons. The van der Waals surface area contributed by atoms with Crippen molar-refractivity contribution in [1.82, 2.24) is 0 Å². The van der Waals surface area contributed by atoms with E-state index in [4.69, 9.17) is 16.9 Å². The third kappa shape index (κ3) is 3.40. The number of hydrogen-bond donors (Lipinski definition) is 1. The lowest BCUT2D eigenvalue weighted by Crippen LogP contribution is -2.47. The van der Waals surface area contributed by atoms with Gasteiger partial charge in [-0.2, -0.15) is 0 Å². The number of esters is 1. The molecule has 0 aliphatic carbocycles. The van der Waals surface area contributed by atoms with Gasteiger partial charge in [0.15, 0.2) is 5.54 Å². The van der Waals surface area contributed by atoms with Gasteiger partial charge in [-0.1, -0.05) is 5.92 Å². The molecular weight excluding hydrogens is 154 g/mol. The first-order valence-electron chi connectivity index (χ1n) is 3.69. The van der Waals surface area contributed by atoms with E-state index in [0.717, 1.165) is 0 Å². The summed E-state index contributed by atoms with van der Waals surface area (Å²) in [6.07, 6.45) is 5.05. The van der Waals surface area contributed by atoms with Crippen LogP contribution in [0.2, 0.25) is 0 Å². The van der Waals surface area contributed by atoms with E-state index in [1.54, 1.807) is 20.8 Å². The molecule has 0 rings (SSSR count). The Bertz CT molecular complexity index is 218. The van der Waals surface area contributed by atoms with Gasteiger partial charge >= 0.3 is 5.97 Å². The molecule has 0 fully saturated rings. The number of rotatable bonds is 1. The van der Waals surface area contributed by atoms with E-state index in [9.17, 15) is 4.79 Å². The third-order valence-corrected chi connectivity index (χ3v) is 1.12. The number of ether oxygens (including phenoxy) is 1. The van der Waals surface area contributed by atoms with E-state index < -0.39 is 17.1 Å². The largest absolute Gasteiger partial charge is 0.458 e. The zero-order valence-electron chi connectivity index (χ0n) is 7.97. The zero-order valence-corrected chi connectivity index (χ0v) is 7.97. The molecule has 0 spiro atoms. The van der Waals surface area contributed by atoms with Crippen LogP contribution in [0.3, 0.4) is 0 Å². The lowest BCUT2D eigenvalue weighted by molar-refractivity contribution is -0.158. The summed E-state index contributed by atoms with van der Waals surface area (Å²) < 4.78 is 4.99. The van der Waals surface area contributed by atoms with Crippen LogP contribution in [0.25, 0.3) is 0 Å². The van der Waals surface area contributed by atoms with Crippen molar-refractivity contribution in [1.29, 1.82) is 0 Å². The predicted octanol–water partition coefficient (Wildman–Crippen LogP) is 0.679. The van der Waals surface area contributed by atoms with Gasteiger partial charge in [-0.15, -0.1) is 6.42 Å². The molecule has 0 heterocycles. The standard InChI is InChI=1S/C9H15NO2/c1-6-9(5,10)7(11)12-8(2,3)4/h1H,10H2,2-5H3. The monoisotopic (exact) mass is 169 g/mol. The fraction of sp³-hybridized carbons (Fsp3) is 0.667. The second kappa shape index (κ2) is 3.16. The second-order valence-corrected chi connectivity index (χ2v) is 3.85. The molecule has 0 bridgehead atoms. The van der Waals surface area contributed by atoms with Gasteiger partial charge in [0.1, 0.15) is 5.60 Å². The van der Waals surface area contributed by atoms with Crippen molar-refractivity contribution in [3.8, 4) is 12.3 Å². The normalized spacial score (nSPS) is 16.0.